The van der Waals surface area contributed by atoms with Gasteiger partial charge in [0.15, 0.2) is 9.84 Å². The molecule has 28 heavy (non-hydrogen) atoms. The summed E-state index contributed by atoms with van der Waals surface area (Å²) in [7, 11) is -2.09. The minimum absolute atomic E-state index is 0.0413. The lowest BCUT2D eigenvalue weighted by Crippen LogP contribution is -2.16. The number of sulfone groups is 1. The fraction of sp³-hybridized carbons (Fsp3) is 0.400. The summed E-state index contributed by atoms with van der Waals surface area (Å²) in [4.78, 5) is 26.3. The van der Waals surface area contributed by atoms with Gasteiger partial charge in [-0.05, 0) is 48.9 Å². The molecule has 1 N–H and O–H groups in total. The van der Waals surface area contributed by atoms with Crippen molar-refractivity contribution < 1.29 is 22.7 Å². The van der Waals surface area contributed by atoms with Crippen molar-refractivity contribution in [2.24, 2.45) is 5.92 Å². The van der Waals surface area contributed by atoms with Gasteiger partial charge in [0.05, 0.1) is 23.3 Å². The summed E-state index contributed by atoms with van der Waals surface area (Å²) in [5, 5.41) is 3.25. The predicted molar refractivity (Wildman–Crippen MR) is 109 cm³/mol. The number of esters is 1. The molecule has 1 aromatic heterocycles. The molecule has 0 unspecified atom stereocenters. The van der Waals surface area contributed by atoms with Gasteiger partial charge in [0.25, 0.3) is 5.91 Å². The first-order chi connectivity index (χ1) is 13.3. The maximum absolute atomic E-state index is 12.8. The van der Waals surface area contributed by atoms with E-state index in [0.717, 1.165) is 29.7 Å². The molecule has 1 amide bonds. The monoisotopic (exact) mass is 421 g/mol. The summed E-state index contributed by atoms with van der Waals surface area (Å²) >= 11 is 1.40. The molecule has 1 atom stereocenters. The molecule has 0 bridgehead atoms. The largest absolute Gasteiger partial charge is 0.465 e. The van der Waals surface area contributed by atoms with E-state index < -0.39 is 21.7 Å². The minimum atomic E-state index is -3.41. The number of fused-ring (bicyclic) bond motifs is 1. The van der Waals surface area contributed by atoms with Crippen molar-refractivity contribution in [2.45, 2.75) is 38.0 Å². The molecule has 1 aromatic carbocycles. The molecule has 0 spiro atoms. The number of hydrogen-bond donors (Lipinski definition) is 1. The van der Waals surface area contributed by atoms with Crippen molar-refractivity contribution in [2.75, 3.05) is 18.2 Å². The highest BCUT2D eigenvalue weighted by Gasteiger charge is 2.29. The molecule has 0 fully saturated rings. The molecule has 0 radical (unpaired) electrons. The van der Waals surface area contributed by atoms with E-state index in [9.17, 15) is 18.0 Å². The van der Waals surface area contributed by atoms with Crippen molar-refractivity contribution in [3.05, 3.63) is 45.8 Å². The zero-order valence-electron chi connectivity index (χ0n) is 16.1. The summed E-state index contributed by atoms with van der Waals surface area (Å²) in [5.41, 5.74) is 1.60. The van der Waals surface area contributed by atoms with Crippen LogP contribution in [0.2, 0.25) is 0 Å². The van der Waals surface area contributed by atoms with E-state index in [1.54, 1.807) is 19.1 Å². The zero-order chi connectivity index (χ0) is 20.5. The molecule has 0 aliphatic heterocycles. The number of ether oxygens (including phenoxy) is 1. The van der Waals surface area contributed by atoms with E-state index in [0.29, 0.717) is 16.5 Å². The second kappa shape index (κ2) is 8.05. The molecule has 150 valence electrons. The quantitative estimate of drug-likeness (QED) is 0.744. The number of carbonyl (C=O) groups excluding carboxylic acids is 2. The molecule has 1 aliphatic rings. The Morgan fingerprint density at radius 1 is 1.32 bits per heavy atom. The SMILES string of the molecule is CCS(=O)(=O)c1cccc(C(=O)Nc2sc3c(c2C(=O)OC)CC[C@H](C)C3)c1. The maximum Gasteiger partial charge on any atom is 0.341 e. The van der Waals surface area contributed by atoms with Crippen LogP contribution in [0.3, 0.4) is 0 Å². The van der Waals surface area contributed by atoms with E-state index in [-0.39, 0.29) is 16.2 Å². The Bertz CT molecular complexity index is 1020. The summed E-state index contributed by atoms with van der Waals surface area (Å²) in [6.07, 6.45) is 2.62. The number of thiophene rings is 1. The number of anilines is 1. The van der Waals surface area contributed by atoms with Crippen molar-refractivity contribution >= 4 is 38.1 Å². The van der Waals surface area contributed by atoms with E-state index in [2.05, 4.69) is 12.2 Å². The Kier molecular flexibility index (Phi) is 5.90. The van der Waals surface area contributed by atoms with Gasteiger partial charge in [-0.2, -0.15) is 0 Å². The highest BCUT2D eigenvalue weighted by molar-refractivity contribution is 7.91. The van der Waals surface area contributed by atoms with Crippen molar-refractivity contribution in [1.29, 1.82) is 0 Å². The number of hydrogen-bond acceptors (Lipinski definition) is 6. The first-order valence-electron chi connectivity index (χ1n) is 9.13. The van der Waals surface area contributed by atoms with Crippen LogP contribution in [0, 0.1) is 5.92 Å². The van der Waals surface area contributed by atoms with Crippen LogP contribution >= 0.6 is 11.3 Å². The summed E-state index contributed by atoms with van der Waals surface area (Å²) < 4.78 is 29.1. The van der Waals surface area contributed by atoms with E-state index in [4.69, 9.17) is 4.74 Å². The fourth-order valence-electron chi connectivity index (χ4n) is 3.33. The van der Waals surface area contributed by atoms with Crippen molar-refractivity contribution in [3.63, 3.8) is 0 Å². The molecule has 1 aliphatic carbocycles. The smallest absolute Gasteiger partial charge is 0.341 e. The van der Waals surface area contributed by atoms with Crippen LogP contribution in [0.1, 0.15) is 51.4 Å². The van der Waals surface area contributed by atoms with Gasteiger partial charge >= 0.3 is 5.97 Å². The van der Waals surface area contributed by atoms with E-state index >= 15 is 0 Å². The average molecular weight is 422 g/mol. The van der Waals surface area contributed by atoms with Gasteiger partial charge in [0.2, 0.25) is 0 Å². The topological polar surface area (TPSA) is 89.5 Å². The molecule has 2 aromatic rings. The van der Waals surface area contributed by atoms with Gasteiger partial charge in [0, 0.05) is 10.4 Å². The van der Waals surface area contributed by atoms with Crippen LogP contribution in [0.4, 0.5) is 5.00 Å². The lowest BCUT2D eigenvalue weighted by atomic mass is 9.88. The zero-order valence-corrected chi connectivity index (χ0v) is 17.7. The van der Waals surface area contributed by atoms with Gasteiger partial charge in [0.1, 0.15) is 5.00 Å². The standard InChI is InChI=1S/C20H23NO5S2/c1-4-28(24,25)14-7-5-6-13(11-14)18(22)21-19-17(20(23)26-3)15-9-8-12(2)10-16(15)27-19/h5-7,11-12H,4,8-10H2,1-3H3,(H,21,22)/t12-/m0/s1. The third-order valence-electron chi connectivity index (χ3n) is 4.96. The lowest BCUT2D eigenvalue weighted by molar-refractivity contribution is 0.0601. The highest BCUT2D eigenvalue weighted by Crippen LogP contribution is 2.40. The Hall–Kier alpha value is -2.19. The molecule has 0 saturated heterocycles. The fourth-order valence-corrected chi connectivity index (χ4v) is 5.65. The van der Waals surface area contributed by atoms with Crippen molar-refractivity contribution in [1.82, 2.24) is 0 Å². The van der Waals surface area contributed by atoms with E-state index in [1.807, 2.05) is 0 Å². The Balaban J connectivity index is 1.95. The predicted octanol–water partition coefficient (Wildman–Crippen LogP) is 3.71. The third-order valence-corrected chi connectivity index (χ3v) is 7.87. The van der Waals surface area contributed by atoms with Crippen LogP contribution in [0.15, 0.2) is 29.2 Å². The molecule has 8 heteroatoms. The minimum Gasteiger partial charge on any atom is -0.465 e. The Morgan fingerprint density at radius 2 is 2.07 bits per heavy atom. The van der Waals surface area contributed by atoms with Gasteiger partial charge in [-0.1, -0.05) is 19.9 Å². The molecule has 3 rings (SSSR count). The van der Waals surface area contributed by atoms with Crippen LogP contribution < -0.4 is 5.32 Å². The molecule has 0 saturated carbocycles. The van der Waals surface area contributed by atoms with Gasteiger partial charge in [-0.25, -0.2) is 13.2 Å². The number of rotatable bonds is 5. The Morgan fingerprint density at radius 3 is 2.75 bits per heavy atom. The normalized spacial score (nSPS) is 16.3. The lowest BCUT2D eigenvalue weighted by Gasteiger charge is -2.18. The summed E-state index contributed by atoms with van der Waals surface area (Å²) in [5.74, 6) is -0.439. The third kappa shape index (κ3) is 3.98. The summed E-state index contributed by atoms with van der Waals surface area (Å²) in [6, 6.07) is 5.93. The first-order valence-corrected chi connectivity index (χ1v) is 11.6. The number of carbonyl (C=O) groups is 2. The second-order valence-corrected chi connectivity index (χ2v) is 10.3. The van der Waals surface area contributed by atoms with Crippen LogP contribution in [0.25, 0.3) is 0 Å². The van der Waals surface area contributed by atoms with Crippen molar-refractivity contribution in [3.8, 4) is 0 Å². The summed E-state index contributed by atoms with van der Waals surface area (Å²) in [6.45, 7) is 3.72. The van der Waals surface area contributed by atoms with Crippen LogP contribution in [0.5, 0.6) is 0 Å². The number of nitrogens with one attached hydrogen (secondary N) is 1. The number of benzene rings is 1. The second-order valence-electron chi connectivity index (χ2n) is 6.93. The van der Waals surface area contributed by atoms with Crippen LogP contribution in [-0.4, -0.2) is 33.2 Å². The number of methoxy groups -OCH3 is 1. The molecular formula is C20H23NO5S2. The molecule has 6 nitrogen and oxygen atoms in total. The highest BCUT2D eigenvalue weighted by atomic mass is 32.2. The van der Waals surface area contributed by atoms with Gasteiger partial charge in [-0.3, -0.25) is 4.79 Å². The Labute approximate surface area is 168 Å². The van der Waals surface area contributed by atoms with Crippen LogP contribution in [-0.2, 0) is 27.4 Å². The number of amides is 1. The molecule has 1 heterocycles. The van der Waals surface area contributed by atoms with Gasteiger partial charge < -0.3 is 10.1 Å². The van der Waals surface area contributed by atoms with E-state index in [1.165, 1.54) is 30.6 Å². The molecular weight excluding hydrogens is 398 g/mol. The van der Waals surface area contributed by atoms with Gasteiger partial charge in [-0.15, -0.1) is 11.3 Å². The maximum atomic E-state index is 12.8. The first kappa shape index (κ1) is 20.5. The average Bonchev–Trinajstić information content (AvgIpc) is 3.04.